The second-order valence-electron chi connectivity index (χ2n) is 5.24. The van der Waals surface area contributed by atoms with Gasteiger partial charge >= 0.3 is 0 Å². The van der Waals surface area contributed by atoms with Gasteiger partial charge in [0.15, 0.2) is 0 Å². The van der Waals surface area contributed by atoms with Crippen molar-refractivity contribution in [1.29, 1.82) is 0 Å². The summed E-state index contributed by atoms with van der Waals surface area (Å²) in [6, 6.07) is 0.0341. The molecule has 2 rings (SSSR count). The molecule has 0 radical (unpaired) electrons. The topological polar surface area (TPSA) is 84.0 Å². The molecule has 6 nitrogen and oxygen atoms in total. The first-order chi connectivity index (χ1) is 9.55. The summed E-state index contributed by atoms with van der Waals surface area (Å²) in [4.78, 5) is 8.00. The van der Waals surface area contributed by atoms with E-state index in [0.29, 0.717) is 5.95 Å². The third-order valence-corrected chi connectivity index (χ3v) is 5.38. The molecule has 0 aliphatic heterocycles. The minimum Gasteiger partial charge on any atom is -0.357 e. The van der Waals surface area contributed by atoms with Crippen molar-refractivity contribution >= 4 is 16.0 Å². The van der Waals surface area contributed by atoms with E-state index >= 15 is 0 Å². The zero-order chi connectivity index (χ0) is 14.6. The van der Waals surface area contributed by atoms with Gasteiger partial charge in [0, 0.05) is 13.1 Å². The molecule has 0 spiro atoms. The van der Waals surface area contributed by atoms with Crippen LogP contribution in [0.25, 0.3) is 0 Å². The Morgan fingerprint density at radius 1 is 1.20 bits per heavy atom. The van der Waals surface area contributed by atoms with Crippen LogP contribution in [0.3, 0.4) is 0 Å². The van der Waals surface area contributed by atoms with Gasteiger partial charge in [-0.05, 0) is 31.6 Å². The van der Waals surface area contributed by atoms with E-state index in [9.17, 15) is 8.42 Å². The average Bonchev–Trinajstić information content (AvgIpc) is 2.48. The van der Waals surface area contributed by atoms with Crippen LogP contribution in [0.15, 0.2) is 17.3 Å². The molecule has 1 aliphatic rings. The van der Waals surface area contributed by atoms with Crippen molar-refractivity contribution in [2.75, 3.05) is 12.4 Å². The molecule has 1 aromatic rings. The van der Waals surface area contributed by atoms with E-state index in [0.717, 1.165) is 31.6 Å². The summed E-state index contributed by atoms with van der Waals surface area (Å²) in [6.07, 6.45) is 7.86. The predicted octanol–water partition coefficient (Wildman–Crippen LogP) is 1.77. The summed E-state index contributed by atoms with van der Waals surface area (Å²) in [5.74, 6) is 1.15. The van der Waals surface area contributed by atoms with Gasteiger partial charge in [-0.15, -0.1) is 0 Å². The third-order valence-electron chi connectivity index (χ3n) is 3.91. The van der Waals surface area contributed by atoms with Crippen molar-refractivity contribution in [1.82, 2.24) is 14.7 Å². The number of hydrogen-bond donors (Lipinski definition) is 2. The molecule has 1 saturated carbocycles. The van der Waals surface area contributed by atoms with Crippen LogP contribution < -0.4 is 10.0 Å². The Morgan fingerprint density at radius 3 is 2.30 bits per heavy atom. The monoisotopic (exact) mass is 298 g/mol. The molecular formula is C13H22N4O2S. The highest BCUT2D eigenvalue weighted by molar-refractivity contribution is 7.89. The van der Waals surface area contributed by atoms with Crippen LogP contribution in [0.2, 0.25) is 0 Å². The zero-order valence-corrected chi connectivity index (χ0v) is 12.8. The molecule has 20 heavy (non-hydrogen) atoms. The second-order valence-corrected chi connectivity index (χ2v) is 6.95. The summed E-state index contributed by atoms with van der Waals surface area (Å²) in [7, 11) is -1.82. The molecule has 1 aliphatic carbocycles. The zero-order valence-electron chi connectivity index (χ0n) is 12.0. The molecule has 1 heterocycles. The Kier molecular flexibility index (Phi) is 4.93. The lowest BCUT2D eigenvalue weighted by Gasteiger charge is -2.28. The van der Waals surface area contributed by atoms with Crippen LogP contribution in [-0.2, 0) is 10.0 Å². The van der Waals surface area contributed by atoms with E-state index in [1.807, 2.05) is 0 Å². The summed E-state index contributed by atoms with van der Waals surface area (Å²) in [5.41, 5.74) is 0. The van der Waals surface area contributed by atoms with Crippen LogP contribution in [0, 0.1) is 5.92 Å². The number of aromatic nitrogens is 2. The molecule has 0 bridgehead atoms. The number of nitrogens with zero attached hydrogens (tertiary/aromatic N) is 2. The highest BCUT2D eigenvalue weighted by Crippen LogP contribution is 2.27. The predicted molar refractivity (Wildman–Crippen MR) is 77.9 cm³/mol. The number of anilines is 1. The number of hydrogen-bond acceptors (Lipinski definition) is 5. The van der Waals surface area contributed by atoms with Crippen molar-refractivity contribution in [2.45, 2.75) is 50.0 Å². The lowest BCUT2D eigenvalue weighted by Crippen LogP contribution is -2.37. The lowest BCUT2D eigenvalue weighted by atomic mass is 9.85. The summed E-state index contributed by atoms with van der Waals surface area (Å²) in [6.45, 7) is 2.19. The first kappa shape index (κ1) is 15.2. The standard InChI is InChI=1S/C13H22N4O2S/c1-3-10-4-6-11(7-5-10)17-20(18,19)12-8-15-13(14-2)16-9-12/h8-11,17H,3-7H2,1-2H3,(H,14,15,16). The molecule has 1 aromatic heterocycles. The van der Waals surface area contributed by atoms with Gasteiger partial charge in [0.1, 0.15) is 4.90 Å². The van der Waals surface area contributed by atoms with Crippen molar-refractivity contribution in [3.63, 3.8) is 0 Å². The highest BCUT2D eigenvalue weighted by atomic mass is 32.2. The molecule has 112 valence electrons. The van der Waals surface area contributed by atoms with E-state index in [-0.39, 0.29) is 10.9 Å². The van der Waals surface area contributed by atoms with Gasteiger partial charge in [-0.2, -0.15) is 0 Å². The van der Waals surface area contributed by atoms with Gasteiger partial charge in [-0.3, -0.25) is 0 Å². The molecule has 0 amide bonds. The maximum absolute atomic E-state index is 12.2. The molecule has 0 saturated heterocycles. The van der Waals surface area contributed by atoms with Gasteiger partial charge in [0.05, 0.1) is 12.4 Å². The second kappa shape index (κ2) is 6.49. The van der Waals surface area contributed by atoms with E-state index < -0.39 is 10.0 Å². The SMILES string of the molecule is CCC1CCC(NS(=O)(=O)c2cnc(NC)nc2)CC1. The van der Waals surface area contributed by atoms with E-state index in [4.69, 9.17) is 0 Å². The smallest absolute Gasteiger partial charge is 0.243 e. The van der Waals surface area contributed by atoms with Crippen LogP contribution in [0.4, 0.5) is 5.95 Å². The first-order valence-corrected chi connectivity index (χ1v) is 8.55. The molecule has 7 heteroatoms. The van der Waals surface area contributed by atoms with Gasteiger partial charge in [0.25, 0.3) is 0 Å². The molecule has 0 atom stereocenters. The summed E-state index contributed by atoms with van der Waals surface area (Å²) in [5, 5.41) is 2.76. The largest absolute Gasteiger partial charge is 0.357 e. The Balaban J connectivity index is 2.00. The quantitative estimate of drug-likeness (QED) is 0.865. The minimum atomic E-state index is -3.51. The summed E-state index contributed by atoms with van der Waals surface area (Å²) < 4.78 is 27.2. The maximum Gasteiger partial charge on any atom is 0.243 e. The van der Waals surface area contributed by atoms with E-state index in [2.05, 4.69) is 26.9 Å². The Labute approximate surface area is 120 Å². The third kappa shape index (κ3) is 3.67. The Morgan fingerprint density at radius 2 is 1.80 bits per heavy atom. The fraction of sp³-hybridized carbons (Fsp3) is 0.692. The van der Waals surface area contributed by atoms with Crippen LogP contribution >= 0.6 is 0 Å². The molecule has 0 aromatic carbocycles. The van der Waals surface area contributed by atoms with Crippen molar-refractivity contribution in [3.05, 3.63) is 12.4 Å². The maximum atomic E-state index is 12.2. The fourth-order valence-electron chi connectivity index (χ4n) is 2.56. The summed E-state index contributed by atoms with van der Waals surface area (Å²) >= 11 is 0. The minimum absolute atomic E-state index is 0.0341. The number of nitrogens with one attached hydrogen (secondary N) is 2. The normalized spacial score (nSPS) is 23.5. The highest BCUT2D eigenvalue weighted by Gasteiger charge is 2.25. The molecule has 2 N–H and O–H groups in total. The van der Waals surface area contributed by atoms with E-state index in [1.54, 1.807) is 7.05 Å². The average molecular weight is 298 g/mol. The van der Waals surface area contributed by atoms with Gasteiger partial charge in [0.2, 0.25) is 16.0 Å². The van der Waals surface area contributed by atoms with Crippen molar-refractivity contribution in [2.24, 2.45) is 5.92 Å². The Hall–Kier alpha value is -1.21. The fourth-order valence-corrected chi connectivity index (χ4v) is 3.75. The van der Waals surface area contributed by atoms with Crippen LogP contribution in [-0.4, -0.2) is 31.5 Å². The van der Waals surface area contributed by atoms with E-state index in [1.165, 1.54) is 18.8 Å². The molecular weight excluding hydrogens is 276 g/mol. The molecule has 1 fully saturated rings. The van der Waals surface area contributed by atoms with Crippen LogP contribution in [0.1, 0.15) is 39.0 Å². The van der Waals surface area contributed by atoms with Gasteiger partial charge in [-0.1, -0.05) is 13.3 Å². The van der Waals surface area contributed by atoms with Gasteiger partial charge < -0.3 is 5.32 Å². The van der Waals surface area contributed by atoms with Crippen LogP contribution in [0.5, 0.6) is 0 Å². The number of rotatable bonds is 5. The van der Waals surface area contributed by atoms with Gasteiger partial charge in [-0.25, -0.2) is 23.1 Å². The number of sulfonamides is 1. The Bertz CT molecular complexity index is 522. The first-order valence-electron chi connectivity index (χ1n) is 7.07. The molecule has 0 unspecified atom stereocenters. The van der Waals surface area contributed by atoms with Crippen molar-refractivity contribution < 1.29 is 8.42 Å². The van der Waals surface area contributed by atoms with Crippen molar-refractivity contribution in [3.8, 4) is 0 Å². The lowest BCUT2D eigenvalue weighted by molar-refractivity contribution is 0.306.